The van der Waals surface area contributed by atoms with Gasteiger partial charge in [-0.3, -0.25) is 10.1 Å². The summed E-state index contributed by atoms with van der Waals surface area (Å²) in [6.07, 6.45) is 1.51. The fraction of sp³-hybridized carbons (Fsp3) is 0.455. The van der Waals surface area contributed by atoms with E-state index in [2.05, 4.69) is 10.6 Å². The molecule has 0 bridgehead atoms. The van der Waals surface area contributed by atoms with Crippen molar-refractivity contribution < 1.29 is 27.3 Å². The molecule has 0 spiro atoms. The van der Waals surface area contributed by atoms with Gasteiger partial charge in [0.2, 0.25) is 10.0 Å². The molecule has 2 heterocycles. The van der Waals surface area contributed by atoms with E-state index in [4.69, 9.17) is 4.42 Å². The summed E-state index contributed by atoms with van der Waals surface area (Å²) in [6.45, 7) is 9.44. The Kier molecular flexibility index (Phi) is 7.37. The summed E-state index contributed by atoms with van der Waals surface area (Å²) in [6, 6.07) is 4.86. The number of quaternary nitrogens is 1. The maximum atomic E-state index is 13.4. The van der Waals surface area contributed by atoms with Gasteiger partial charge in [0.25, 0.3) is 5.91 Å². The molecule has 3 N–H and O–H groups in total. The van der Waals surface area contributed by atoms with Crippen LogP contribution in [0.3, 0.4) is 0 Å². The number of piperazine rings is 1. The van der Waals surface area contributed by atoms with Gasteiger partial charge >= 0.3 is 6.03 Å². The molecule has 32 heavy (non-hydrogen) atoms. The lowest BCUT2D eigenvalue weighted by atomic mass is 10.0. The van der Waals surface area contributed by atoms with Crippen molar-refractivity contribution in [2.45, 2.75) is 39.1 Å². The van der Waals surface area contributed by atoms with E-state index in [1.165, 1.54) is 10.6 Å². The average Bonchev–Trinajstić information content (AvgIpc) is 3.25. The molecule has 2 aromatic rings. The summed E-state index contributed by atoms with van der Waals surface area (Å²) in [4.78, 5) is 25.4. The van der Waals surface area contributed by atoms with Crippen molar-refractivity contribution in [3.05, 3.63) is 52.5 Å². The molecule has 9 nitrogen and oxygen atoms in total. The normalized spacial score (nSPS) is 15.5. The first-order valence-electron chi connectivity index (χ1n) is 10.6. The van der Waals surface area contributed by atoms with Crippen LogP contribution in [0.25, 0.3) is 0 Å². The second-order valence-corrected chi connectivity index (χ2v) is 10.1. The molecule has 174 valence electrons. The second-order valence-electron chi connectivity index (χ2n) is 8.23. The smallest absolute Gasteiger partial charge is 0.321 e. The zero-order valence-electron chi connectivity index (χ0n) is 18.9. The number of aryl methyl sites for hydroxylation is 2. The van der Waals surface area contributed by atoms with Gasteiger partial charge < -0.3 is 14.6 Å². The fourth-order valence-corrected chi connectivity index (χ4v) is 5.96. The van der Waals surface area contributed by atoms with Crippen LogP contribution in [0, 0.1) is 27.7 Å². The third-order valence-corrected chi connectivity index (χ3v) is 8.16. The van der Waals surface area contributed by atoms with E-state index in [9.17, 15) is 18.0 Å². The van der Waals surface area contributed by atoms with E-state index in [0.29, 0.717) is 36.8 Å². The fourth-order valence-electron chi connectivity index (χ4n) is 3.94. The molecule has 0 radical (unpaired) electrons. The van der Waals surface area contributed by atoms with Gasteiger partial charge in [-0.25, -0.2) is 13.2 Å². The first-order valence-corrected chi connectivity index (χ1v) is 12.0. The Labute approximate surface area is 188 Å². The number of sulfonamides is 1. The Morgan fingerprint density at radius 2 is 1.72 bits per heavy atom. The monoisotopic (exact) mass is 463 g/mol. The lowest BCUT2D eigenvalue weighted by Crippen LogP contribution is -3.15. The topological polar surface area (TPSA) is 113 Å². The molecule has 1 aliphatic rings. The first-order chi connectivity index (χ1) is 15.1. The standard InChI is InChI=1S/C22H30N4O5S/c1-15-12-16(2)18(4)21(17(15)3)32(29,30)26-9-7-25(8-10-26)14-20(27)24-22(28)23-13-19-6-5-11-31-19/h5-6,11-12H,7-10,13-14H2,1-4H3,(H2,23,24,27,28)/p+1. The lowest BCUT2D eigenvalue weighted by molar-refractivity contribution is -0.895. The summed E-state index contributed by atoms with van der Waals surface area (Å²) in [7, 11) is -3.62. The molecular formula is C22H31N4O5S+. The van der Waals surface area contributed by atoms with E-state index in [-0.39, 0.29) is 13.1 Å². The molecule has 1 aromatic carbocycles. The summed E-state index contributed by atoms with van der Waals surface area (Å²) in [5, 5.41) is 4.86. The maximum Gasteiger partial charge on any atom is 0.321 e. The van der Waals surface area contributed by atoms with Crippen molar-refractivity contribution >= 4 is 22.0 Å². The number of benzene rings is 1. The molecule has 10 heteroatoms. The number of amides is 3. The van der Waals surface area contributed by atoms with Crippen LogP contribution in [0.15, 0.2) is 33.8 Å². The molecule has 1 aliphatic heterocycles. The largest absolute Gasteiger partial charge is 0.467 e. The average molecular weight is 464 g/mol. The Balaban J connectivity index is 1.53. The van der Waals surface area contributed by atoms with Crippen LogP contribution in [-0.2, 0) is 21.4 Å². The summed E-state index contributed by atoms with van der Waals surface area (Å²) < 4.78 is 33.3. The molecule has 3 rings (SSSR count). The number of hydrogen-bond donors (Lipinski definition) is 3. The van der Waals surface area contributed by atoms with Crippen LogP contribution in [0.1, 0.15) is 28.0 Å². The van der Waals surface area contributed by atoms with Crippen LogP contribution in [0.2, 0.25) is 0 Å². The third-order valence-electron chi connectivity index (χ3n) is 5.99. The molecule has 0 unspecified atom stereocenters. The number of nitrogens with zero attached hydrogens (tertiary/aromatic N) is 1. The van der Waals surface area contributed by atoms with Crippen LogP contribution in [0.4, 0.5) is 4.79 Å². The highest BCUT2D eigenvalue weighted by Crippen LogP contribution is 2.28. The minimum Gasteiger partial charge on any atom is -0.467 e. The van der Waals surface area contributed by atoms with Crippen molar-refractivity contribution in [3.8, 4) is 0 Å². The Bertz CT molecular complexity index is 1060. The highest BCUT2D eigenvalue weighted by Gasteiger charge is 2.33. The molecule has 1 aromatic heterocycles. The van der Waals surface area contributed by atoms with Crippen molar-refractivity contribution in [1.82, 2.24) is 14.9 Å². The van der Waals surface area contributed by atoms with Gasteiger partial charge in [-0.05, 0) is 62.1 Å². The quantitative estimate of drug-likeness (QED) is 0.575. The zero-order valence-corrected chi connectivity index (χ0v) is 19.8. The number of carbonyl (C=O) groups is 2. The van der Waals surface area contributed by atoms with E-state index in [1.807, 2.05) is 33.8 Å². The second kappa shape index (κ2) is 9.85. The van der Waals surface area contributed by atoms with Crippen LogP contribution in [0.5, 0.6) is 0 Å². The predicted octanol–water partition coefficient (Wildman–Crippen LogP) is 0.428. The van der Waals surface area contributed by atoms with Crippen molar-refractivity contribution in [2.24, 2.45) is 0 Å². The number of rotatable bonds is 6. The van der Waals surface area contributed by atoms with Gasteiger partial charge in [-0.2, -0.15) is 4.31 Å². The highest BCUT2D eigenvalue weighted by atomic mass is 32.2. The van der Waals surface area contributed by atoms with Crippen LogP contribution >= 0.6 is 0 Å². The van der Waals surface area contributed by atoms with Gasteiger partial charge in [0.05, 0.1) is 43.9 Å². The predicted molar refractivity (Wildman–Crippen MR) is 119 cm³/mol. The number of nitrogens with one attached hydrogen (secondary N) is 3. The summed E-state index contributed by atoms with van der Waals surface area (Å²) >= 11 is 0. The van der Waals surface area contributed by atoms with Gasteiger partial charge in [0, 0.05) is 0 Å². The van der Waals surface area contributed by atoms with Crippen molar-refractivity contribution in [3.63, 3.8) is 0 Å². The highest BCUT2D eigenvalue weighted by molar-refractivity contribution is 7.89. The van der Waals surface area contributed by atoms with E-state index < -0.39 is 22.0 Å². The minimum absolute atomic E-state index is 0.101. The van der Waals surface area contributed by atoms with Gasteiger partial charge in [0.1, 0.15) is 5.76 Å². The van der Waals surface area contributed by atoms with E-state index in [0.717, 1.165) is 27.2 Å². The molecule has 1 fully saturated rings. The molecule has 3 amide bonds. The van der Waals surface area contributed by atoms with E-state index in [1.54, 1.807) is 12.1 Å². The van der Waals surface area contributed by atoms with Crippen molar-refractivity contribution in [1.29, 1.82) is 0 Å². The number of hydrogen-bond acceptors (Lipinski definition) is 5. The van der Waals surface area contributed by atoms with Crippen LogP contribution in [-0.4, -0.2) is 57.4 Å². The Morgan fingerprint density at radius 3 is 2.28 bits per heavy atom. The molecule has 0 atom stereocenters. The zero-order chi connectivity index (χ0) is 23.5. The lowest BCUT2D eigenvalue weighted by Gasteiger charge is -2.32. The number of imide groups is 1. The summed E-state index contributed by atoms with van der Waals surface area (Å²) in [5.74, 6) is 0.180. The third kappa shape index (κ3) is 5.37. The maximum absolute atomic E-state index is 13.4. The number of urea groups is 1. The first kappa shape index (κ1) is 24.0. The van der Waals surface area contributed by atoms with E-state index >= 15 is 0 Å². The Morgan fingerprint density at radius 1 is 1.09 bits per heavy atom. The molecule has 1 saturated heterocycles. The number of furan rings is 1. The SMILES string of the molecule is Cc1cc(C)c(C)c(S(=O)(=O)N2CC[NH+](CC(=O)NC(=O)NCc3ccco3)CC2)c1C. The minimum atomic E-state index is -3.62. The van der Waals surface area contributed by atoms with Gasteiger partial charge in [-0.15, -0.1) is 0 Å². The van der Waals surface area contributed by atoms with Crippen molar-refractivity contribution in [2.75, 3.05) is 32.7 Å². The van der Waals surface area contributed by atoms with Crippen LogP contribution < -0.4 is 15.5 Å². The molecular weight excluding hydrogens is 432 g/mol. The molecule has 0 saturated carbocycles. The number of carbonyl (C=O) groups excluding carboxylic acids is 2. The van der Waals surface area contributed by atoms with Gasteiger partial charge in [0.15, 0.2) is 6.54 Å². The van der Waals surface area contributed by atoms with Gasteiger partial charge in [-0.1, -0.05) is 6.07 Å². The Hall–Kier alpha value is -2.69. The summed E-state index contributed by atoms with van der Waals surface area (Å²) in [5.41, 5.74) is 3.47. The molecule has 0 aliphatic carbocycles.